The highest BCUT2D eigenvalue weighted by Crippen LogP contribution is 2.35. The summed E-state index contributed by atoms with van der Waals surface area (Å²) in [7, 11) is 0. The van der Waals surface area contributed by atoms with Crippen molar-refractivity contribution in [3.8, 4) is 16.8 Å². The molecule has 136 valence electrons. The van der Waals surface area contributed by atoms with Crippen molar-refractivity contribution in [2.75, 3.05) is 5.73 Å². The van der Waals surface area contributed by atoms with Crippen molar-refractivity contribution in [3.05, 3.63) is 93.9 Å². The van der Waals surface area contributed by atoms with Crippen LogP contribution in [0.3, 0.4) is 0 Å². The molecular formula is C24H16Br2N2. The number of para-hydroxylation sites is 2. The van der Waals surface area contributed by atoms with Crippen LogP contribution in [-0.4, -0.2) is 4.57 Å². The third-order valence-corrected chi connectivity index (χ3v) is 6.43. The van der Waals surface area contributed by atoms with Crippen LogP contribution in [0, 0.1) is 0 Å². The van der Waals surface area contributed by atoms with E-state index in [1.807, 2.05) is 0 Å². The first-order chi connectivity index (χ1) is 13.6. The summed E-state index contributed by atoms with van der Waals surface area (Å²) in [4.78, 5) is 0. The molecule has 0 saturated carbocycles. The molecule has 0 amide bonds. The zero-order valence-electron chi connectivity index (χ0n) is 14.9. The number of nitrogens with two attached hydrogens (primary N) is 1. The van der Waals surface area contributed by atoms with E-state index in [9.17, 15) is 0 Å². The molecule has 0 fully saturated rings. The van der Waals surface area contributed by atoms with Gasteiger partial charge in [-0.05, 0) is 79.4 Å². The van der Waals surface area contributed by atoms with Crippen molar-refractivity contribution in [2.45, 2.75) is 0 Å². The molecule has 0 aliphatic rings. The Morgan fingerprint density at radius 3 is 1.64 bits per heavy atom. The quantitative estimate of drug-likeness (QED) is 0.254. The minimum atomic E-state index is 0.714. The van der Waals surface area contributed by atoms with Gasteiger partial charge in [-0.2, -0.15) is 0 Å². The average molecular weight is 492 g/mol. The van der Waals surface area contributed by atoms with E-state index >= 15 is 0 Å². The first-order valence-electron chi connectivity index (χ1n) is 8.97. The Balaban J connectivity index is 1.67. The Kier molecular flexibility index (Phi) is 4.26. The smallest absolute Gasteiger partial charge is 0.0603 e. The van der Waals surface area contributed by atoms with Gasteiger partial charge in [0.25, 0.3) is 0 Å². The summed E-state index contributed by atoms with van der Waals surface area (Å²) in [6.07, 6.45) is 0. The van der Waals surface area contributed by atoms with Gasteiger partial charge in [-0.25, -0.2) is 0 Å². The lowest BCUT2D eigenvalue weighted by molar-refractivity contribution is 1.18. The molecule has 5 rings (SSSR count). The normalized spacial score (nSPS) is 11.4. The summed E-state index contributed by atoms with van der Waals surface area (Å²) in [6.45, 7) is 0. The van der Waals surface area contributed by atoms with Crippen LogP contribution in [0.15, 0.2) is 93.9 Å². The SMILES string of the molecule is Nc1c(Br)cc(-c2ccc(-n3c4ccccc4c4ccccc43)cc2)cc1Br. The monoisotopic (exact) mass is 490 g/mol. The molecular weight excluding hydrogens is 476 g/mol. The van der Waals surface area contributed by atoms with Crippen LogP contribution in [0.4, 0.5) is 5.69 Å². The van der Waals surface area contributed by atoms with Gasteiger partial charge in [0.05, 0.1) is 16.7 Å². The molecule has 1 aromatic heterocycles. The molecule has 0 radical (unpaired) electrons. The number of hydrogen-bond donors (Lipinski definition) is 1. The number of rotatable bonds is 2. The van der Waals surface area contributed by atoms with Gasteiger partial charge in [0.1, 0.15) is 0 Å². The molecule has 1 heterocycles. The number of nitrogens with zero attached hydrogens (tertiary/aromatic N) is 1. The van der Waals surface area contributed by atoms with Gasteiger partial charge in [-0.1, -0.05) is 48.5 Å². The number of halogens is 2. The van der Waals surface area contributed by atoms with Crippen LogP contribution < -0.4 is 5.73 Å². The molecule has 0 aliphatic carbocycles. The first-order valence-corrected chi connectivity index (χ1v) is 10.6. The van der Waals surface area contributed by atoms with Crippen LogP contribution in [0.1, 0.15) is 0 Å². The molecule has 4 aromatic carbocycles. The van der Waals surface area contributed by atoms with Crippen molar-refractivity contribution in [2.24, 2.45) is 0 Å². The highest BCUT2D eigenvalue weighted by atomic mass is 79.9. The van der Waals surface area contributed by atoms with Gasteiger partial charge in [0.2, 0.25) is 0 Å². The summed E-state index contributed by atoms with van der Waals surface area (Å²) in [5.41, 5.74) is 12.6. The van der Waals surface area contributed by atoms with Crippen LogP contribution >= 0.6 is 31.9 Å². The van der Waals surface area contributed by atoms with E-state index < -0.39 is 0 Å². The van der Waals surface area contributed by atoms with E-state index in [1.165, 1.54) is 21.8 Å². The predicted octanol–water partition coefficient (Wildman–Crippen LogP) is 7.56. The van der Waals surface area contributed by atoms with Crippen molar-refractivity contribution in [3.63, 3.8) is 0 Å². The fraction of sp³-hybridized carbons (Fsp3) is 0. The molecule has 0 spiro atoms. The van der Waals surface area contributed by atoms with Crippen molar-refractivity contribution in [1.82, 2.24) is 4.57 Å². The summed E-state index contributed by atoms with van der Waals surface area (Å²) in [5.74, 6) is 0. The number of nitrogen functional groups attached to an aromatic ring is 1. The second-order valence-electron chi connectivity index (χ2n) is 6.77. The summed E-state index contributed by atoms with van der Waals surface area (Å²) >= 11 is 7.07. The number of anilines is 1. The minimum absolute atomic E-state index is 0.714. The summed E-state index contributed by atoms with van der Waals surface area (Å²) in [6, 6.07) is 29.9. The maximum atomic E-state index is 6.03. The maximum absolute atomic E-state index is 6.03. The molecule has 5 aromatic rings. The highest BCUT2D eigenvalue weighted by Gasteiger charge is 2.12. The number of hydrogen-bond acceptors (Lipinski definition) is 1. The van der Waals surface area contributed by atoms with Crippen LogP contribution in [0.2, 0.25) is 0 Å². The second-order valence-corrected chi connectivity index (χ2v) is 8.48. The van der Waals surface area contributed by atoms with Crippen molar-refractivity contribution < 1.29 is 0 Å². The molecule has 0 atom stereocenters. The van der Waals surface area contributed by atoms with Gasteiger partial charge in [-0.3, -0.25) is 0 Å². The Labute approximate surface area is 179 Å². The second kappa shape index (κ2) is 6.80. The highest BCUT2D eigenvalue weighted by molar-refractivity contribution is 9.11. The Morgan fingerprint density at radius 2 is 1.11 bits per heavy atom. The Hall–Kier alpha value is -2.56. The van der Waals surface area contributed by atoms with E-state index in [1.54, 1.807) is 0 Å². The third-order valence-electron chi connectivity index (χ3n) is 5.12. The van der Waals surface area contributed by atoms with Crippen LogP contribution in [0.25, 0.3) is 38.6 Å². The molecule has 2 nitrogen and oxygen atoms in total. The number of benzene rings is 4. The fourth-order valence-corrected chi connectivity index (χ4v) is 4.94. The average Bonchev–Trinajstić information content (AvgIpc) is 3.06. The third kappa shape index (κ3) is 2.76. The Bertz CT molecular complexity index is 1260. The maximum Gasteiger partial charge on any atom is 0.0603 e. The van der Waals surface area contributed by atoms with E-state index in [-0.39, 0.29) is 0 Å². The van der Waals surface area contributed by atoms with Gasteiger partial charge < -0.3 is 10.3 Å². The number of aromatic nitrogens is 1. The van der Waals surface area contributed by atoms with Gasteiger partial charge >= 0.3 is 0 Å². The van der Waals surface area contributed by atoms with Crippen molar-refractivity contribution >= 4 is 59.4 Å². The predicted molar refractivity (Wildman–Crippen MR) is 126 cm³/mol. The zero-order valence-corrected chi connectivity index (χ0v) is 18.0. The molecule has 0 bridgehead atoms. The van der Waals surface area contributed by atoms with E-state index in [2.05, 4.69) is 121 Å². The largest absolute Gasteiger partial charge is 0.397 e. The van der Waals surface area contributed by atoms with Gasteiger partial charge in [-0.15, -0.1) is 0 Å². The fourth-order valence-electron chi connectivity index (χ4n) is 3.75. The molecule has 0 saturated heterocycles. The first kappa shape index (κ1) is 17.5. The topological polar surface area (TPSA) is 30.9 Å². The number of fused-ring (bicyclic) bond motifs is 3. The summed E-state index contributed by atoms with van der Waals surface area (Å²) < 4.78 is 4.11. The zero-order chi connectivity index (χ0) is 19.3. The van der Waals surface area contributed by atoms with Crippen molar-refractivity contribution in [1.29, 1.82) is 0 Å². The summed E-state index contributed by atoms with van der Waals surface area (Å²) in [5, 5.41) is 2.54. The molecule has 28 heavy (non-hydrogen) atoms. The molecule has 0 aliphatic heterocycles. The van der Waals surface area contributed by atoms with E-state index in [4.69, 9.17) is 5.73 Å². The lowest BCUT2D eigenvalue weighted by Gasteiger charge is -2.11. The van der Waals surface area contributed by atoms with Crippen LogP contribution in [-0.2, 0) is 0 Å². The van der Waals surface area contributed by atoms with E-state index in [0.29, 0.717) is 5.69 Å². The lowest BCUT2D eigenvalue weighted by atomic mass is 10.0. The minimum Gasteiger partial charge on any atom is -0.397 e. The standard InChI is InChI=1S/C24H16Br2N2/c25-20-13-16(14-21(26)24(20)27)15-9-11-17(12-10-15)28-22-7-3-1-5-18(22)19-6-2-4-8-23(19)28/h1-14H,27H2. The Morgan fingerprint density at radius 1 is 0.607 bits per heavy atom. The molecule has 2 N–H and O–H groups in total. The van der Waals surface area contributed by atoms with E-state index in [0.717, 1.165) is 25.8 Å². The molecule has 4 heteroatoms. The van der Waals surface area contributed by atoms with Gasteiger partial charge in [0.15, 0.2) is 0 Å². The van der Waals surface area contributed by atoms with Crippen LogP contribution in [0.5, 0.6) is 0 Å². The van der Waals surface area contributed by atoms with Gasteiger partial charge in [0, 0.05) is 25.4 Å². The molecule has 0 unspecified atom stereocenters. The lowest BCUT2D eigenvalue weighted by Crippen LogP contribution is -1.94.